The van der Waals surface area contributed by atoms with Crippen molar-refractivity contribution in [2.45, 2.75) is 6.92 Å². The molecule has 0 spiro atoms. The van der Waals surface area contributed by atoms with Gasteiger partial charge in [-0.25, -0.2) is 4.79 Å². The highest BCUT2D eigenvalue weighted by Crippen LogP contribution is 2.17. The molecule has 0 aliphatic rings. The van der Waals surface area contributed by atoms with Crippen molar-refractivity contribution in [2.75, 3.05) is 5.75 Å². The van der Waals surface area contributed by atoms with Crippen molar-refractivity contribution in [3.63, 3.8) is 0 Å². The Kier molecular flexibility index (Phi) is 4.44. The molecule has 3 nitrogen and oxygen atoms in total. The van der Waals surface area contributed by atoms with Crippen LogP contribution < -0.4 is 0 Å². The standard InChI is InChI=1S/C16H12O3S/c1-11(17)20-8-2-3-12-4-5-14-10-15(16(18)19)7-6-13(14)9-12/h4-7,9-10H,8H2,1H3,(H,18,19). The molecule has 2 aromatic carbocycles. The van der Waals surface area contributed by atoms with Crippen LogP contribution in [0.1, 0.15) is 22.8 Å². The molecule has 0 atom stereocenters. The molecule has 0 heterocycles. The number of aromatic carboxylic acids is 1. The van der Waals surface area contributed by atoms with Gasteiger partial charge in [0.1, 0.15) is 0 Å². The lowest BCUT2D eigenvalue weighted by Gasteiger charge is -2.00. The SMILES string of the molecule is CC(=O)SCC#Cc1ccc2cc(C(=O)O)ccc2c1. The van der Waals surface area contributed by atoms with Gasteiger partial charge in [0.05, 0.1) is 11.3 Å². The number of rotatable bonds is 2. The third kappa shape index (κ3) is 3.62. The topological polar surface area (TPSA) is 54.4 Å². The van der Waals surface area contributed by atoms with Crippen LogP contribution in [0.4, 0.5) is 0 Å². The molecule has 0 radical (unpaired) electrons. The number of carbonyl (C=O) groups excluding carboxylic acids is 1. The van der Waals surface area contributed by atoms with Crippen LogP contribution in [0.25, 0.3) is 10.8 Å². The molecule has 0 saturated carbocycles. The highest BCUT2D eigenvalue weighted by Gasteiger charge is 2.03. The van der Waals surface area contributed by atoms with Crippen molar-refractivity contribution in [3.8, 4) is 11.8 Å². The maximum absolute atomic E-state index is 10.9. The number of thioether (sulfide) groups is 1. The minimum absolute atomic E-state index is 0.0546. The zero-order valence-corrected chi connectivity index (χ0v) is 11.7. The molecule has 0 bridgehead atoms. The Hall–Kier alpha value is -2.25. The minimum Gasteiger partial charge on any atom is -0.478 e. The van der Waals surface area contributed by atoms with E-state index in [1.54, 1.807) is 18.2 Å². The van der Waals surface area contributed by atoms with E-state index in [4.69, 9.17) is 5.11 Å². The number of carboxylic acids is 1. The van der Waals surface area contributed by atoms with E-state index >= 15 is 0 Å². The van der Waals surface area contributed by atoms with E-state index in [0.29, 0.717) is 5.75 Å². The first kappa shape index (κ1) is 14.2. The van der Waals surface area contributed by atoms with Crippen LogP contribution in [-0.4, -0.2) is 21.9 Å². The maximum Gasteiger partial charge on any atom is 0.335 e. The number of hydrogen-bond acceptors (Lipinski definition) is 3. The molecule has 0 unspecified atom stereocenters. The van der Waals surface area contributed by atoms with Crippen LogP contribution in [0.5, 0.6) is 0 Å². The fourth-order valence-electron chi connectivity index (χ4n) is 1.73. The van der Waals surface area contributed by atoms with Crippen LogP contribution in [0.2, 0.25) is 0 Å². The molecule has 100 valence electrons. The molecule has 0 fully saturated rings. The van der Waals surface area contributed by atoms with Crippen molar-refractivity contribution in [2.24, 2.45) is 0 Å². The highest BCUT2D eigenvalue weighted by molar-refractivity contribution is 8.13. The Balaban J connectivity index is 2.23. The molecule has 0 amide bonds. The average Bonchev–Trinajstić information content (AvgIpc) is 2.42. The van der Waals surface area contributed by atoms with Crippen molar-refractivity contribution >= 4 is 33.6 Å². The molecule has 0 aliphatic heterocycles. The monoisotopic (exact) mass is 284 g/mol. The third-order valence-electron chi connectivity index (χ3n) is 2.67. The number of hydrogen-bond donors (Lipinski definition) is 1. The van der Waals surface area contributed by atoms with Crippen LogP contribution in [-0.2, 0) is 4.79 Å². The zero-order chi connectivity index (χ0) is 14.5. The summed E-state index contributed by atoms with van der Waals surface area (Å²) in [6, 6.07) is 10.6. The van der Waals surface area contributed by atoms with Gasteiger partial charge >= 0.3 is 5.97 Å². The average molecular weight is 284 g/mol. The van der Waals surface area contributed by atoms with Gasteiger partial charge in [0, 0.05) is 12.5 Å². The molecular formula is C16H12O3S. The summed E-state index contributed by atoms with van der Waals surface area (Å²) in [7, 11) is 0. The largest absolute Gasteiger partial charge is 0.478 e. The van der Waals surface area contributed by atoms with Crippen molar-refractivity contribution in [1.82, 2.24) is 0 Å². The van der Waals surface area contributed by atoms with Gasteiger partial charge < -0.3 is 5.11 Å². The summed E-state index contributed by atoms with van der Waals surface area (Å²) in [5.41, 5.74) is 1.12. The van der Waals surface area contributed by atoms with Gasteiger partial charge in [0.15, 0.2) is 5.12 Å². The molecule has 4 heteroatoms. The quantitative estimate of drug-likeness (QED) is 0.861. The molecule has 0 aliphatic carbocycles. The predicted octanol–water partition coefficient (Wildman–Crippen LogP) is 3.17. The summed E-state index contributed by atoms with van der Waals surface area (Å²) in [6.07, 6.45) is 0. The molecular weight excluding hydrogens is 272 g/mol. The first-order valence-corrected chi connectivity index (χ1v) is 6.94. The third-order valence-corrected chi connectivity index (χ3v) is 3.36. The van der Waals surface area contributed by atoms with Crippen LogP contribution >= 0.6 is 11.8 Å². The van der Waals surface area contributed by atoms with E-state index in [-0.39, 0.29) is 10.7 Å². The van der Waals surface area contributed by atoms with Gasteiger partial charge in [-0.3, -0.25) is 4.79 Å². The number of benzene rings is 2. The summed E-state index contributed by atoms with van der Waals surface area (Å²) in [5.74, 6) is 5.46. The van der Waals surface area contributed by atoms with E-state index in [1.807, 2.05) is 18.2 Å². The fraction of sp³-hybridized carbons (Fsp3) is 0.125. The molecule has 20 heavy (non-hydrogen) atoms. The van der Waals surface area contributed by atoms with Gasteiger partial charge in [-0.15, -0.1) is 0 Å². The molecule has 2 aromatic rings. The molecule has 0 aromatic heterocycles. The Labute approximate surface area is 121 Å². The lowest BCUT2D eigenvalue weighted by Crippen LogP contribution is -1.95. The van der Waals surface area contributed by atoms with Crippen molar-refractivity contribution in [1.29, 1.82) is 0 Å². The normalized spacial score (nSPS) is 9.85. The molecule has 0 saturated heterocycles. The van der Waals surface area contributed by atoms with E-state index < -0.39 is 5.97 Å². The Bertz CT molecular complexity index is 738. The molecule has 2 rings (SSSR count). The van der Waals surface area contributed by atoms with E-state index in [9.17, 15) is 9.59 Å². The van der Waals surface area contributed by atoms with Gasteiger partial charge in [0.2, 0.25) is 0 Å². The summed E-state index contributed by atoms with van der Waals surface area (Å²) >= 11 is 1.18. The van der Waals surface area contributed by atoms with Crippen molar-refractivity contribution in [3.05, 3.63) is 47.5 Å². The van der Waals surface area contributed by atoms with Gasteiger partial charge in [0.25, 0.3) is 0 Å². The first-order valence-electron chi connectivity index (χ1n) is 5.95. The summed E-state index contributed by atoms with van der Waals surface area (Å²) in [6.45, 7) is 1.52. The summed E-state index contributed by atoms with van der Waals surface area (Å²) in [4.78, 5) is 21.7. The van der Waals surface area contributed by atoms with Gasteiger partial charge in [-0.2, -0.15) is 0 Å². The van der Waals surface area contributed by atoms with Crippen LogP contribution in [0, 0.1) is 11.8 Å². The summed E-state index contributed by atoms with van der Waals surface area (Å²) < 4.78 is 0. The second-order valence-electron chi connectivity index (χ2n) is 4.16. The molecule has 1 N–H and O–H groups in total. The van der Waals surface area contributed by atoms with Crippen molar-refractivity contribution < 1.29 is 14.7 Å². The summed E-state index contributed by atoms with van der Waals surface area (Å²) in [5, 5.41) is 10.8. The van der Waals surface area contributed by atoms with E-state index in [0.717, 1.165) is 16.3 Å². The Morgan fingerprint density at radius 3 is 2.55 bits per heavy atom. The van der Waals surface area contributed by atoms with Crippen LogP contribution in [0.15, 0.2) is 36.4 Å². The van der Waals surface area contributed by atoms with Gasteiger partial charge in [-0.1, -0.05) is 35.7 Å². The number of fused-ring (bicyclic) bond motifs is 1. The second kappa shape index (κ2) is 6.27. The maximum atomic E-state index is 10.9. The minimum atomic E-state index is -0.933. The van der Waals surface area contributed by atoms with Crippen LogP contribution in [0.3, 0.4) is 0 Å². The zero-order valence-electron chi connectivity index (χ0n) is 10.8. The van der Waals surface area contributed by atoms with Gasteiger partial charge in [-0.05, 0) is 35.0 Å². The van der Waals surface area contributed by atoms with E-state index in [1.165, 1.54) is 18.7 Å². The smallest absolute Gasteiger partial charge is 0.335 e. The highest BCUT2D eigenvalue weighted by atomic mass is 32.2. The second-order valence-corrected chi connectivity index (χ2v) is 5.32. The Morgan fingerprint density at radius 2 is 1.85 bits per heavy atom. The number of carboxylic acid groups (broad SMARTS) is 1. The first-order chi connectivity index (χ1) is 9.56. The number of carbonyl (C=O) groups is 2. The Morgan fingerprint density at radius 1 is 1.15 bits per heavy atom. The predicted molar refractivity (Wildman–Crippen MR) is 80.9 cm³/mol. The fourth-order valence-corrected chi connectivity index (χ4v) is 2.08. The lowest BCUT2D eigenvalue weighted by atomic mass is 10.0. The van der Waals surface area contributed by atoms with E-state index in [2.05, 4.69) is 11.8 Å². The lowest BCUT2D eigenvalue weighted by molar-refractivity contribution is -0.109.